The van der Waals surface area contributed by atoms with Gasteiger partial charge >= 0.3 is 0 Å². The lowest BCUT2D eigenvalue weighted by Gasteiger charge is -2.27. The highest BCUT2D eigenvalue weighted by atomic mass is 16.8. The molecule has 7 nitrogen and oxygen atoms in total. The van der Waals surface area contributed by atoms with Crippen LogP contribution in [0.15, 0.2) is 0 Å². The molecule has 2 rings (SSSR count). The molecule has 0 amide bonds. The lowest BCUT2D eigenvalue weighted by molar-refractivity contribution is -0.231. The predicted molar refractivity (Wildman–Crippen MR) is 63.4 cm³/mol. The molecule has 2 N–H and O–H groups in total. The molecular formula is C12H22O7. The Labute approximate surface area is 112 Å². The normalized spacial score (nSPS) is 38.4. The SMILES string of the molecule is COCCO[C@H]1[C@H]2OC(C)(C)O[C@H]2O[C@@H]1[C@H](O)CO. The van der Waals surface area contributed by atoms with E-state index >= 15 is 0 Å². The first-order valence-corrected chi connectivity index (χ1v) is 6.39. The standard InChI is InChI=1S/C12H22O7/c1-12(2)18-10-9(16-5-4-15-3)8(7(14)6-13)17-11(10)19-12/h7-11,13-14H,4-6H2,1-3H3/t7-,8-,9-,10-,11-/m1/s1. The van der Waals surface area contributed by atoms with Crippen LogP contribution in [0.25, 0.3) is 0 Å². The molecule has 7 heteroatoms. The Hall–Kier alpha value is -0.280. The fraction of sp³-hybridized carbons (Fsp3) is 1.00. The monoisotopic (exact) mass is 278 g/mol. The predicted octanol–water partition coefficient (Wildman–Crippen LogP) is -0.752. The summed E-state index contributed by atoms with van der Waals surface area (Å²) in [7, 11) is 1.58. The van der Waals surface area contributed by atoms with Crippen molar-refractivity contribution in [2.75, 3.05) is 26.9 Å². The molecule has 0 radical (unpaired) electrons. The molecule has 0 aromatic heterocycles. The van der Waals surface area contributed by atoms with Gasteiger partial charge in [0.25, 0.3) is 0 Å². The number of methoxy groups -OCH3 is 1. The van der Waals surface area contributed by atoms with E-state index in [0.29, 0.717) is 13.2 Å². The van der Waals surface area contributed by atoms with Crippen LogP contribution >= 0.6 is 0 Å². The van der Waals surface area contributed by atoms with E-state index in [1.807, 2.05) is 0 Å². The van der Waals surface area contributed by atoms with Gasteiger partial charge in [-0.2, -0.15) is 0 Å². The highest BCUT2D eigenvalue weighted by Crippen LogP contribution is 2.39. The Bertz CT molecular complexity index is 296. The third-order valence-electron chi connectivity index (χ3n) is 3.19. The van der Waals surface area contributed by atoms with Crippen molar-refractivity contribution in [3.8, 4) is 0 Å². The van der Waals surface area contributed by atoms with Gasteiger partial charge in [0.2, 0.25) is 0 Å². The molecule has 0 aromatic rings. The maximum Gasteiger partial charge on any atom is 0.190 e. The van der Waals surface area contributed by atoms with Crippen LogP contribution in [0.5, 0.6) is 0 Å². The summed E-state index contributed by atoms with van der Waals surface area (Å²) in [5.74, 6) is -0.743. The Kier molecular flexibility index (Phi) is 4.78. The van der Waals surface area contributed by atoms with E-state index in [9.17, 15) is 5.11 Å². The minimum atomic E-state index is -1.03. The van der Waals surface area contributed by atoms with Gasteiger partial charge in [-0.1, -0.05) is 0 Å². The second-order valence-electron chi connectivity index (χ2n) is 5.15. The molecular weight excluding hydrogens is 256 g/mol. The van der Waals surface area contributed by atoms with Crippen LogP contribution in [0.2, 0.25) is 0 Å². The van der Waals surface area contributed by atoms with Gasteiger partial charge < -0.3 is 33.9 Å². The maximum atomic E-state index is 9.77. The minimum Gasteiger partial charge on any atom is -0.394 e. The molecule has 2 heterocycles. The van der Waals surface area contributed by atoms with E-state index in [1.165, 1.54) is 0 Å². The molecule has 0 saturated carbocycles. The van der Waals surface area contributed by atoms with E-state index in [0.717, 1.165) is 0 Å². The van der Waals surface area contributed by atoms with Gasteiger partial charge in [-0.05, 0) is 13.8 Å². The first kappa shape index (κ1) is 15.1. The molecule has 0 spiro atoms. The first-order chi connectivity index (χ1) is 8.98. The quantitative estimate of drug-likeness (QED) is 0.618. The van der Waals surface area contributed by atoms with Gasteiger partial charge in [-0.15, -0.1) is 0 Å². The molecule has 0 bridgehead atoms. The van der Waals surface area contributed by atoms with Gasteiger partial charge in [-0.3, -0.25) is 0 Å². The number of aliphatic hydroxyl groups excluding tert-OH is 2. The second kappa shape index (κ2) is 6.01. The molecule has 19 heavy (non-hydrogen) atoms. The van der Waals surface area contributed by atoms with E-state index in [-0.39, 0.29) is 0 Å². The van der Waals surface area contributed by atoms with E-state index in [4.69, 9.17) is 28.8 Å². The van der Waals surface area contributed by atoms with Gasteiger partial charge in [0.05, 0.1) is 19.8 Å². The summed E-state index contributed by atoms with van der Waals surface area (Å²) >= 11 is 0. The average Bonchev–Trinajstić information content (AvgIpc) is 2.82. The topological polar surface area (TPSA) is 86.6 Å². The van der Waals surface area contributed by atoms with E-state index < -0.39 is 43.1 Å². The van der Waals surface area contributed by atoms with Crippen molar-refractivity contribution < 1.29 is 33.9 Å². The Morgan fingerprint density at radius 3 is 2.63 bits per heavy atom. The summed E-state index contributed by atoms with van der Waals surface area (Å²) in [5, 5.41) is 18.8. The Morgan fingerprint density at radius 2 is 2.00 bits per heavy atom. The van der Waals surface area contributed by atoms with Crippen LogP contribution in [-0.2, 0) is 23.7 Å². The van der Waals surface area contributed by atoms with Crippen molar-refractivity contribution in [2.24, 2.45) is 0 Å². The van der Waals surface area contributed by atoms with Crippen LogP contribution in [0, 0.1) is 0 Å². The number of fused-ring (bicyclic) bond motifs is 1. The molecule has 112 valence electrons. The largest absolute Gasteiger partial charge is 0.394 e. The number of hydrogen-bond acceptors (Lipinski definition) is 7. The number of rotatable bonds is 6. The average molecular weight is 278 g/mol. The Morgan fingerprint density at radius 1 is 1.26 bits per heavy atom. The summed E-state index contributed by atoms with van der Waals surface area (Å²) in [5.41, 5.74) is 0. The highest BCUT2D eigenvalue weighted by molar-refractivity contribution is 4.96. The lowest BCUT2D eigenvalue weighted by atomic mass is 10.1. The molecule has 2 aliphatic heterocycles. The lowest BCUT2D eigenvalue weighted by Crippen LogP contribution is -2.44. The van der Waals surface area contributed by atoms with Crippen LogP contribution < -0.4 is 0 Å². The number of ether oxygens (including phenoxy) is 5. The summed E-state index contributed by atoms with van der Waals surface area (Å²) < 4.78 is 27.5. The fourth-order valence-corrected chi connectivity index (χ4v) is 2.37. The summed E-state index contributed by atoms with van der Waals surface area (Å²) in [4.78, 5) is 0. The van der Waals surface area contributed by atoms with E-state index in [2.05, 4.69) is 0 Å². The molecule has 0 unspecified atom stereocenters. The van der Waals surface area contributed by atoms with Gasteiger partial charge in [0.1, 0.15) is 24.4 Å². The third-order valence-corrected chi connectivity index (χ3v) is 3.19. The van der Waals surface area contributed by atoms with Gasteiger partial charge in [0, 0.05) is 7.11 Å². The van der Waals surface area contributed by atoms with E-state index in [1.54, 1.807) is 21.0 Å². The maximum absolute atomic E-state index is 9.77. The molecule has 2 aliphatic rings. The molecule has 0 aromatic carbocycles. The van der Waals surface area contributed by atoms with Crippen LogP contribution in [0.1, 0.15) is 13.8 Å². The van der Waals surface area contributed by atoms with Gasteiger partial charge in [0.15, 0.2) is 12.1 Å². The third kappa shape index (κ3) is 3.25. The van der Waals surface area contributed by atoms with Crippen LogP contribution in [0.3, 0.4) is 0 Å². The number of hydrogen-bond donors (Lipinski definition) is 2. The van der Waals surface area contributed by atoms with Crippen LogP contribution in [-0.4, -0.2) is 73.6 Å². The molecule has 2 saturated heterocycles. The highest BCUT2D eigenvalue weighted by Gasteiger charge is 2.56. The zero-order valence-electron chi connectivity index (χ0n) is 11.4. The first-order valence-electron chi connectivity index (χ1n) is 6.39. The summed E-state index contributed by atoms with van der Waals surface area (Å²) in [6.45, 7) is 3.96. The molecule has 5 atom stereocenters. The molecule has 0 aliphatic carbocycles. The van der Waals surface area contributed by atoms with Crippen molar-refractivity contribution in [1.29, 1.82) is 0 Å². The van der Waals surface area contributed by atoms with Crippen molar-refractivity contribution in [3.63, 3.8) is 0 Å². The van der Waals surface area contributed by atoms with Crippen molar-refractivity contribution in [1.82, 2.24) is 0 Å². The summed E-state index contributed by atoms with van der Waals surface area (Å²) in [6, 6.07) is 0. The number of aliphatic hydroxyl groups is 2. The Balaban J connectivity index is 2.02. The second-order valence-corrected chi connectivity index (χ2v) is 5.15. The van der Waals surface area contributed by atoms with Crippen molar-refractivity contribution in [3.05, 3.63) is 0 Å². The zero-order valence-corrected chi connectivity index (χ0v) is 11.4. The molecule has 2 fully saturated rings. The zero-order chi connectivity index (χ0) is 14.0. The summed E-state index contributed by atoms with van der Waals surface area (Å²) in [6.07, 6.45) is -3.21. The minimum absolute atomic E-state index is 0.353. The van der Waals surface area contributed by atoms with Crippen LogP contribution in [0.4, 0.5) is 0 Å². The van der Waals surface area contributed by atoms with Gasteiger partial charge in [-0.25, -0.2) is 0 Å². The van der Waals surface area contributed by atoms with Crippen molar-refractivity contribution in [2.45, 2.75) is 50.3 Å². The fourth-order valence-electron chi connectivity index (χ4n) is 2.37. The smallest absolute Gasteiger partial charge is 0.190 e. The van der Waals surface area contributed by atoms with Crippen molar-refractivity contribution >= 4 is 0 Å².